The Labute approximate surface area is 109 Å². The molecular weight excluding hydrogens is 252 g/mol. The number of benzene rings is 1. The van der Waals surface area contributed by atoms with E-state index in [2.05, 4.69) is 0 Å². The maximum absolute atomic E-state index is 10.8. The molecule has 0 saturated heterocycles. The summed E-state index contributed by atoms with van der Waals surface area (Å²) in [5, 5.41) is 16.5. The van der Waals surface area contributed by atoms with E-state index in [0.717, 1.165) is 17.3 Å². The topological polar surface area (TPSA) is 74.6 Å². The molecular formula is C13H14O4S. The molecule has 5 heteroatoms. The zero-order valence-corrected chi connectivity index (χ0v) is 10.5. The third kappa shape index (κ3) is 5.54. The Morgan fingerprint density at radius 2 is 1.89 bits per heavy atom. The van der Waals surface area contributed by atoms with Crippen LogP contribution in [0.4, 0.5) is 0 Å². The highest BCUT2D eigenvalue weighted by Crippen LogP contribution is 2.16. The van der Waals surface area contributed by atoms with Gasteiger partial charge in [0.05, 0.1) is 6.42 Å². The third-order valence-electron chi connectivity index (χ3n) is 2.14. The fourth-order valence-corrected chi connectivity index (χ4v) is 2.14. The van der Waals surface area contributed by atoms with Crippen molar-refractivity contribution in [2.45, 2.75) is 11.7 Å². The summed E-state index contributed by atoms with van der Waals surface area (Å²) in [5.41, 5.74) is 1.03. The lowest BCUT2D eigenvalue weighted by molar-refractivity contribution is -0.142. The van der Waals surface area contributed by atoms with Crippen LogP contribution in [0, 0.1) is 0 Å². The van der Waals surface area contributed by atoms with Gasteiger partial charge in [-0.25, -0.2) is 0 Å². The molecule has 1 atom stereocenters. The van der Waals surface area contributed by atoms with Gasteiger partial charge in [-0.3, -0.25) is 9.59 Å². The molecule has 2 N–H and O–H groups in total. The van der Waals surface area contributed by atoms with Crippen LogP contribution in [0.2, 0.25) is 0 Å². The van der Waals surface area contributed by atoms with E-state index in [4.69, 9.17) is 10.2 Å². The number of carbonyl (C=O) groups is 2. The van der Waals surface area contributed by atoms with Crippen LogP contribution in [0.25, 0.3) is 6.08 Å². The highest BCUT2D eigenvalue weighted by Gasteiger charge is 2.20. The Morgan fingerprint density at radius 3 is 2.44 bits per heavy atom. The van der Waals surface area contributed by atoms with Gasteiger partial charge in [0, 0.05) is 5.75 Å². The van der Waals surface area contributed by atoms with E-state index in [-0.39, 0.29) is 6.42 Å². The second-order valence-corrected chi connectivity index (χ2v) is 4.81. The summed E-state index contributed by atoms with van der Waals surface area (Å²) < 4.78 is 0. The molecule has 18 heavy (non-hydrogen) atoms. The van der Waals surface area contributed by atoms with Crippen LogP contribution in [0.15, 0.2) is 36.4 Å². The molecule has 1 rings (SSSR count). The van der Waals surface area contributed by atoms with Crippen molar-refractivity contribution in [3.05, 3.63) is 42.0 Å². The van der Waals surface area contributed by atoms with Crippen molar-refractivity contribution in [1.29, 1.82) is 0 Å². The van der Waals surface area contributed by atoms with Crippen molar-refractivity contribution in [2.24, 2.45) is 0 Å². The van der Waals surface area contributed by atoms with Crippen LogP contribution in [0.1, 0.15) is 12.0 Å². The molecule has 0 spiro atoms. The van der Waals surface area contributed by atoms with E-state index in [0.29, 0.717) is 5.75 Å². The highest BCUT2D eigenvalue weighted by molar-refractivity contribution is 8.00. The van der Waals surface area contributed by atoms with Gasteiger partial charge in [0.2, 0.25) is 0 Å². The Morgan fingerprint density at radius 1 is 1.22 bits per heavy atom. The predicted molar refractivity (Wildman–Crippen MR) is 71.6 cm³/mol. The van der Waals surface area contributed by atoms with Crippen molar-refractivity contribution >= 4 is 29.8 Å². The number of rotatable bonds is 7. The Kier molecular flexibility index (Phi) is 6.00. The molecule has 1 aromatic rings. The summed E-state index contributed by atoms with van der Waals surface area (Å²) in [6.45, 7) is 0. The first-order valence-electron chi connectivity index (χ1n) is 5.37. The molecule has 0 bridgehead atoms. The molecule has 0 aliphatic rings. The van der Waals surface area contributed by atoms with Gasteiger partial charge in [-0.05, 0) is 5.56 Å². The average Bonchev–Trinajstić information content (AvgIpc) is 2.33. The highest BCUT2D eigenvalue weighted by atomic mass is 32.2. The van der Waals surface area contributed by atoms with Crippen LogP contribution in [-0.4, -0.2) is 33.2 Å². The molecule has 96 valence electrons. The monoisotopic (exact) mass is 266 g/mol. The lowest BCUT2D eigenvalue weighted by atomic mass is 10.2. The van der Waals surface area contributed by atoms with E-state index in [1.54, 1.807) is 0 Å². The quantitative estimate of drug-likeness (QED) is 0.792. The van der Waals surface area contributed by atoms with E-state index >= 15 is 0 Å². The summed E-state index contributed by atoms with van der Waals surface area (Å²) in [6, 6.07) is 9.62. The van der Waals surface area contributed by atoms with Crippen molar-refractivity contribution in [3.63, 3.8) is 0 Å². The van der Waals surface area contributed by atoms with Crippen LogP contribution >= 0.6 is 11.8 Å². The van der Waals surface area contributed by atoms with Crippen LogP contribution < -0.4 is 0 Å². The summed E-state index contributed by atoms with van der Waals surface area (Å²) in [4.78, 5) is 21.3. The Balaban J connectivity index is 2.41. The van der Waals surface area contributed by atoms with Crippen molar-refractivity contribution in [3.8, 4) is 0 Å². The van der Waals surface area contributed by atoms with E-state index in [9.17, 15) is 9.59 Å². The summed E-state index contributed by atoms with van der Waals surface area (Å²) >= 11 is 1.11. The molecule has 0 radical (unpaired) electrons. The molecule has 0 aromatic heterocycles. The van der Waals surface area contributed by atoms with Gasteiger partial charge in [-0.2, -0.15) is 0 Å². The average molecular weight is 266 g/mol. The van der Waals surface area contributed by atoms with E-state index in [1.165, 1.54) is 0 Å². The first-order valence-corrected chi connectivity index (χ1v) is 6.42. The Bertz CT molecular complexity index is 428. The van der Waals surface area contributed by atoms with Gasteiger partial charge in [-0.1, -0.05) is 42.5 Å². The first-order chi connectivity index (χ1) is 8.59. The van der Waals surface area contributed by atoms with Crippen LogP contribution in [-0.2, 0) is 9.59 Å². The maximum Gasteiger partial charge on any atom is 0.317 e. The summed E-state index contributed by atoms with van der Waals surface area (Å²) in [6.07, 6.45) is 3.35. The lowest BCUT2D eigenvalue weighted by Crippen LogP contribution is -2.20. The minimum absolute atomic E-state index is 0.362. The minimum atomic E-state index is -1.10. The molecule has 0 aliphatic heterocycles. The SMILES string of the molecule is O=C(O)CC(SCC=Cc1ccccc1)C(=O)O. The fourth-order valence-electron chi connectivity index (χ4n) is 1.30. The third-order valence-corrected chi connectivity index (χ3v) is 3.29. The molecule has 4 nitrogen and oxygen atoms in total. The number of hydrogen-bond acceptors (Lipinski definition) is 3. The second-order valence-electron chi connectivity index (χ2n) is 3.57. The molecule has 1 aromatic carbocycles. The molecule has 1 unspecified atom stereocenters. The number of carboxylic acid groups (broad SMARTS) is 2. The molecule has 0 aliphatic carbocycles. The minimum Gasteiger partial charge on any atom is -0.481 e. The van der Waals surface area contributed by atoms with Crippen molar-refractivity contribution in [2.75, 3.05) is 5.75 Å². The first kappa shape index (κ1) is 14.3. The molecule has 0 amide bonds. The van der Waals surface area contributed by atoms with Gasteiger partial charge in [0.25, 0.3) is 0 Å². The summed E-state index contributed by atoms with van der Waals surface area (Å²) in [7, 11) is 0. The summed E-state index contributed by atoms with van der Waals surface area (Å²) in [5.74, 6) is -1.71. The zero-order valence-electron chi connectivity index (χ0n) is 9.65. The zero-order chi connectivity index (χ0) is 13.4. The molecule has 0 heterocycles. The van der Waals surface area contributed by atoms with Gasteiger partial charge in [-0.15, -0.1) is 11.8 Å². The van der Waals surface area contributed by atoms with Crippen molar-refractivity contribution in [1.82, 2.24) is 0 Å². The number of hydrogen-bond donors (Lipinski definition) is 2. The standard InChI is InChI=1S/C13H14O4S/c14-12(15)9-11(13(16)17)18-8-4-7-10-5-2-1-3-6-10/h1-7,11H,8-9H2,(H,14,15)(H,16,17). The Hall–Kier alpha value is -1.75. The second kappa shape index (κ2) is 7.55. The lowest BCUT2D eigenvalue weighted by Gasteiger charge is -2.07. The maximum atomic E-state index is 10.8. The van der Waals surface area contributed by atoms with Crippen LogP contribution in [0.5, 0.6) is 0 Å². The molecule has 0 fully saturated rings. The van der Waals surface area contributed by atoms with Crippen molar-refractivity contribution < 1.29 is 19.8 Å². The predicted octanol–water partition coefficient (Wildman–Crippen LogP) is 2.36. The van der Waals surface area contributed by atoms with Gasteiger partial charge >= 0.3 is 11.9 Å². The van der Waals surface area contributed by atoms with Crippen LogP contribution in [0.3, 0.4) is 0 Å². The van der Waals surface area contributed by atoms with Gasteiger partial charge in [0.1, 0.15) is 5.25 Å². The number of carboxylic acids is 2. The fraction of sp³-hybridized carbons (Fsp3) is 0.231. The number of aliphatic carboxylic acids is 2. The van der Waals surface area contributed by atoms with Gasteiger partial charge in [0.15, 0.2) is 0 Å². The normalized spacial score (nSPS) is 12.4. The smallest absolute Gasteiger partial charge is 0.317 e. The number of thioether (sulfide) groups is 1. The molecule has 0 saturated carbocycles. The largest absolute Gasteiger partial charge is 0.481 e. The van der Waals surface area contributed by atoms with E-state index in [1.807, 2.05) is 42.5 Å². The van der Waals surface area contributed by atoms with Gasteiger partial charge < -0.3 is 10.2 Å². The van der Waals surface area contributed by atoms with E-state index < -0.39 is 17.2 Å².